The summed E-state index contributed by atoms with van der Waals surface area (Å²) < 4.78 is 13.0. The lowest BCUT2D eigenvalue weighted by atomic mass is 10.1. The van der Waals surface area contributed by atoms with Gasteiger partial charge in [-0.2, -0.15) is 0 Å². The molecule has 3 aromatic rings. The molecule has 0 bridgehead atoms. The lowest BCUT2D eigenvalue weighted by Gasteiger charge is -2.29. The summed E-state index contributed by atoms with van der Waals surface area (Å²) in [4.78, 5) is 28.0. The van der Waals surface area contributed by atoms with Crippen LogP contribution >= 0.6 is 11.8 Å². The van der Waals surface area contributed by atoms with Crippen molar-refractivity contribution in [3.05, 3.63) is 94.8 Å². The largest absolute Gasteiger partial charge is 0.348 e. The zero-order chi connectivity index (χ0) is 21.1. The molecule has 4 rings (SSSR count). The van der Waals surface area contributed by atoms with Crippen molar-refractivity contribution in [1.29, 1.82) is 0 Å². The second kappa shape index (κ2) is 8.71. The van der Waals surface area contributed by atoms with Crippen molar-refractivity contribution in [3.8, 4) is 0 Å². The van der Waals surface area contributed by atoms with Crippen LogP contribution in [0, 0.1) is 12.7 Å². The Bertz CT molecular complexity index is 1100. The fraction of sp³-hybridized carbons (Fsp3) is 0.167. The molecule has 3 aromatic carbocycles. The van der Waals surface area contributed by atoms with Crippen LogP contribution in [0.25, 0.3) is 0 Å². The van der Waals surface area contributed by atoms with Crippen LogP contribution in [0.3, 0.4) is 0 Å². The van der Waals surface area contributed by atoms with Crippen molar-refractivity contribution in [1.82, 2.24) is 5.32 Å². The van der Waals surface area contributed by atoms with Crippen LogP contribution in [0.2, 0.25) is 0 Å². The van der Waals surface area contributed by atoms with Crippen molar-refractivity contribution in [2.45, 2.75) is 24.9 Å². The maximum atomic E-state index is 13.0. The summed E-state index contributed by atoms with van der Waals surface area (Å²) >= 11 is 1.49. The highest BCUT2D eigenvalue weighted by atomic mass is 32.2. The summed E-state index contributed by atoms with van der Waals surface area (Å²) in [7, 11) is 0. The number of hydrogen-bond donors (Lipinski definition) is 1. The Hall–Kier alpha value is -3.12. The quantitative estimate of drug-likeness (QED) is 0.651. The number of thioether (sulfide) groups is 1. The Morgan fingerprint density at radius 1 is 1.07 bits per heavy atom. The van der Waals surface area contributed by atoms with E-state index >= 15 is 0 Å². The highest BCUT2D eigenvalue weighted by molar-refractivity contribution is 8.00. The van der Waals surface area contributed by atoms with Gasteiger partial charge in [-0.3, -0.25) is 9.59 Å². The minimum Gasteiger partial charge on any atom is -0.348 e. The van der Waals surface area contributed by atoms with Crippen molar-refractivity contribution in [2.24, 2.45) is 0 Å². The summed E-state index contributed by atoms with van der Waals surface area (Å²) in [5, 5.41) is 2.85. The minimum atomic E-state index is -0.310. The van der Waals surface area contributed by atoms with Crippen LogP contribution in [0.4, 0.5) is 10.1 Å². The Balaban J connectivity index is 1.54. The summed E-state index contributed by atoms with van der Waals surface area (Å²) in [6.07, 6.45) is 0. The number of nitrogens with one attached hydrogen (secondary N) is 1. The molecule has 1 heterocycles. The Morgan fingerprint density at radius 2 is 1.87 bits per heavy atom. The molecule has 0 radical (unpaired) electrons. The molecule has 0 aliphatic carbocycles. The summed E-state index contributed by atoms with van der Waals surface area (Å²) in [6, 6.07) is 19.5. The molecule has 6 heteroatoms. The second-order valence-electron chi connectivity index (χ2n) is 7.25. The average molecular weight is 421 g/mol. The monoisotopic (exact) mass is 420 g/mol. The molecule has 0 unspecified atom stereocenters. The molecule has 0 saturated heterocycles. The normalized spacial score (nSPS) is 13.1. The van der Waals surface area contributed by atoms with Crippen molar-refractivity contribution in [2.75, 3.05) is 10.7 Å². The molecular weight excluding hydrogens is 399 g/mol. The molecule has 1 aliphatic heterocycles. The number of amides is 2. The Morgan fingerprint density at radius 3 is 2.63 bits per heavy atom. The molecular formula is C24H21FN2O2S. The summed E-state index contributed by atoms with van der Waals surface area (Å²) in [5.41, 5.74) is 4.25. The van der Waals surface area contributed by atoms with E-state index in [9.17, 15) is 14.0 Å². The molecule has 0 atom stereocenters. The van der Waals surface area contributed by atoms with E-state index in [0.29, 0.717) is 24.4 Å². The van der Waals surface area contributed by atoms with Gasteiger partial charge in [0.25, 0.3) is 5.91 Å². The fourth-order valence-electron chi connectivity index (χ4n) is 3.40. The fourth-order valence-corrected chi connectivity index (χ4v) is 4.31. The number of fused-ring (bicyclic) bond motifs is 1. The molecule has 0 saturated carbocycles. The van der Waals surface area contributed by atoms with Gasteiger partial charge in [-0.1, -0.05) is 42.0 Å². The van der Waals surface area contributed by atoms with Gasteiger partial charge in [-0.15, -0.1) is 11.8 Å². The van der Waals surface area contributed by atoms with Gasteiger partial charge in [0.2, 0.25) is 5.91 Å². The third-order valence-corrected chi connectivity index (χ3v) is 6.00. The zero-order valence-electron chi connectivity index (χ0n) is 16.5. The number of aryl methyl sites for hydroxylation is 1. The van der Waals surface area contributed by atoms with Gasteiger partial charge in [0, 0.05) is 17.0 Å². The van der Waals surface area contributed by atoms with E-state index in [0.717, 1.165) is 27.3 Å². The van der Waals surface area contributed by atoms with Gasteiger partial charge in [0.15, 0.2) is 0 Å². The first-order chi connectivity index (χ1) is 14.5. The van der Waals surface area contributed by atoms with E-state index in [1.807, 2.05) is 31.2 Å². The maximum Gasteiger partial charge on any atom is 0.251 e. The Labute approximate surface area is 179 Å². The van der Waals surface area contributed by atoms with Crippen LogP contribution in [-0.2, 0) is 17.9 Å². The summed E-state index contributed by atoms with van der Waals surface area (Å²) in [6.45, 7) is 2.79. The molecule has 30 heavy (non-hydrogen) atoms. The van der Waals surface area contributed by atoms with Crippen LogP contribution in [0.1, 0.15) is 27.0 Å². The molecule has 0 spiro atoms. The SMILES string of the molecule is Cc1cccc(CN2C(=O)CSc3ccc(C(=O)NCc4ccc(F)cc4)cc32)c1. The van der Waals surface area contributed by atoms with E-state index in [2.05, 4.69) is 11.4 Å². The number of carbonyl (C=O) groups excluding carboxylic acids is 2. The van der Waals surface area contributed by atoms with Gasteiger partial charge < -0.3 is 10.2 Å². The van der Waals surface area contributed by atoms with Gasteiger partial charge in [0.1, 0.15) is 5.82 Å². The molecule has 1 N–H and O–H groups in total. The van der Waals surface area contributed by atoms with E-state index in [1.165, 1.54) is 23.9 Å². The third-order valence-electron chi connectivity index (χ3n) is 4.95. The number of anilines is 1. The first-order valence-corrected chi connectivity index (χ1v) is 10.6. The number of nitrogens with zero attached hydrogens (tertiary/aromatic N) is 1. The second-order valence-corrected chi connectivity index (χ2v) is 8.27. The number of halogens is 1. The van der Waals surface area contributed by atoms with Crippen molar-refractivity contribution < 1.29 is 14.0 Å². The standard InChI is InChI=1S/C24H21FN2O2S/c1-16-3-2-4-18(11-16)14-27-21-12-19(7-10-22(21)30-15-23(27)28)24(29)26-13-17-5-8-20(25)9-6-17/h2-12H,13-15H2,1H3,(H,26,29). The highest BCUT2D eigenvalue weighted by Gasteiger charge is 2.26. The van der Waals surface area contributed by atoms with E-state index in [4.69, 9.17) is 0 Å². The van der Waals surface area contributed by atoms with Crippen LogP contribution in [0.5, 0.6) is 0 Å². The molecule has 2 amide bonds. The van der Waals surface area contributed by atoms with Gasteiger partial charge in [0.05, 0.1) is 18.0 Å². The third kappa shape index (κ3) is 4.54. The average Bonchev–Trinajstić information content (AvgIpc) is 2.75. The van der Waals surface area contributed by atoms with Gasteiger partial charge in [-0.05, 0) is 48.4 Å². The maximum absolute atomic E-state index is 13.0. The molecule has 4 nitrogen and oxygen atoms in total. The smallest absolute Gasteiger partial charge is 0.251 e. The molecule has 0 fully saturated rings. The first kappa shape index (κ1) is 20.2. The number of benzene rings is 3. The zero-order valence-corrected chi connectivity index (χ0v) is 17.3. The van der Waals surface area contributed by atoms with E-state index in [-0.39, 0.29) is 17.6 Å². The molecule has 1 aliphatic rings. The minimum absolute atomic E-state index is 0.0258. The molecule has 0 aromatic heterocycles. The van der Waals surface area contributed by atoms with Crippen LogP contribution in [-0.4, -0.2) is 17.6 Å². The lowest BCUT2D eigenvalue weighted by molar-refractivity contribution is -0.116. The van der Waals surface area contributed by atoms with Crippen LogP contribution in [0.15, 0.2) is 71.6 Å². The van der Waals surface area contributed by atoms with E-state index < -0.39 is 0 Å². The number of hydrogen-bond acceptors (Lipinski definition) is 3. The van der Waals surface area contributed by atoms with Crippen molar-refractivity contribution >= 4 is 29.3 Å². The first-order valence-electron chi connectivity index (χ1n) is 9.65. The highest BCUT2D eigenvalue weighted by Crippen LogP contribution is 2.37. The van der Waals surface area contributed by atoms with Crippen molar-refractivity contribution in [3.63, 3.8) is 0 Å². The summed E-state index contributed by atoms with van der Waals surface area (Å²) in [5.74, 6) is -0.135. The van der Waals surface area contributed by atoms with Crippen LogP contribution < -0.4 is 10.2 Å². The molecule has 152 valence electrons. The number of rotatable bonds is 5. The lowest BCUT2D eigenvalue weighted by Crippen LogP contribution is -2.35. The van der Waals surface area contributed by atoms with E-state index in [1.54, 1.807) is 29.2 Å². The van der Waals surface area contributed by atoms with Gasteiger partial charge >= 0.3 is 0 Å². The number of carbonyl (C=O) groups is 2. The topological polar surface area (TPSA) is 49.4 Å². The Kier molecular flexibility index (Phi) is 5.86. The predicted octanol–water partition coefficient (Wildman–Crippen LogP) is 4.70. The predicted molar refractivity (Wildman–Crippen MR) is 117 cm³/mol. The van der Waals surface area contributed by atoms with Gasteiger partial charge in [-0.25, -0.2) is 4.39 Å².